The van der Waals surface area contributed by atoms with E-state index in [1.807, 2.05) is 67.3 Å². The summed E-state index contributed by atoms with van der Waals surface area (Å²) in [7, 11) is 0. The number of hydrogen-bond acceptors (Lipinski definition) is 2. The van der Waals surface area contributed by atoms with Gasteiger partial charge >= 0.3 is 0 Å². The van der Waals surface area contributed by atoms with Crippen LogP contribution in [-0.4, -0.2) is 23.9 Å². The van der Waals surface area contributed by atoms with E-state index in [9.17, 15) is 4.79 Å². The van der Waals surface area contributed by atoms with Crippen LogP contribution in [0, 0.1) is 6.92 Å². The molecule has 0 unspecified atom stereocenters. The van der Waals surface area contributed by atoms with Gasteiger partial charge in [-0.1, -0.05) is 49.1 Å². The highest BCUT2D eigenvalue weighted by molar-refractivity contribution is 5.95. The molecule has 0 radical (unpaired) electrons. The summed E-state index contributed by atoms with van der Waals surface area (Å²) in [5.41, 5.74) is 2.91. The van der Waals surface area contributed by atoms with E-state index in [4.69, 9.17) is 4.74 Å². The fourth-order valence-corrected chi connectivity index (χ4v) is 3.62. The molecule has 0 saturated carbocycles. The third kappa shape index (κ3) is 4.92. The predicted molar refractivity (Wildman–Crippen MR) is 115 cm³/mol. The van der Waals surface area contributed by atoms with Crippen molar-refractivity contribution in [2.75, 3.05) is 13.1 Å². The molecule has 0 bridgehead atoms. The van der Waals surface area contributed by atoms with Crippen molar-refractivity contribution in [3.8, 4) is 0 Å². The first-order valence-corrected chi connectivity index (χ1v) is 10.0. The molecule has 1 heterocycles. The highest BCUT2D eigenvalue weighted by Crippen LogP contribution is 2.12. The summed E-state index contributed by atoms with van der Waals surface area (Å²) < 4.78 is 5.85. The molecule has 3 rings (SSSR count). The van der Waals surface area contributed by atoms with Gasteiger partial charge in [0, 0.05) is 18.7 Å². The minimum Gasteiger partial charge on any atom is -0.490 e. The lowest BCUT2D eigenvalue weighted by Crippen LogP contribution is -2.41. The normalized spacial score (nSPS) is 15.6. The highest BCUT2D eigenvalue weighted by atomic mass is 16.5. The van der Waals surface area contributed by atoms with Gasteiger partial charge < -0.3 is 9.64 Å². The van der Waals surface area contributed by atoms with Crippen molar-refractivity contribution in [1.29, 1.82) is 0 Å². The largest absolute Gasteiger partial charge is 0.490 e. The van der Waals surface area contributed by atoms with Crippen LogP contribution in [0.3, 0.4) is 0 Å². The molecule has 0 aliphatic carbocycles. The second kappa shape index (κ2) is 9.41. The zero-order valence-electron chi connectivity index (χ0n) is 16.9. The van der Waals surface area contributed by atoms with Crippen molar-refractivity contribution in [1.82, 2.24) is 4.90 Å². The van der Waals surface area contributed by atoms with Crippen LogP contribution in [0.2, 0.25) is 0 Å². The smallest absolute Gasteiger partial charge is 0.254 e. The number of allylic oxidation sites excluding steroid dienone is 1. The minimum absolute atomic E-state index is 0.105. The van der Waals surface area contributed by atoms with Crippen LogP contribution < -0.4 is 10.4 Å². The van der Waals surface area contributed by atoms with E-state index >= 15 is 0 Å². The van der Waals surface area contributed by atoms with Crippen LogP contribution in [0.15, 0.2) is 54.8 Å². The number of aryl methyl sites for hydroxylation is 1. The van der Waals surface area contributed by atoms with Crippen molar-refractivity contribution < 1.29 is 9.53 Å². The summed E-state index contributed by atoms with van der Waals surface area (Å²) in [6.07, 6.45) is 7.30. The number of carbonyl (C=O) groups is 1. The van der Waals surface area contributed by atoms with Crippen molar-refractivity contribution >= 4 is 18.1 Å². The topological polar surface area (TPSA) is 29.5 Å². The molecule has 1 amide bonds. The number of rotatable bonds is 5. The van der Waals surface area contributed by atoms with Gasteiger partial charge in [-0.15, -0.1) is 0 Å². The number of likely N-dealkylation sites (tertiary alicyclic amines) is 1. The summed E-state index contributed by atoms with van der Waals surface area (Å²) >= 11 is 0. The van der Waals surface area contributed by atoms with Gasteiger partial charge in [0.1, 0.15) is 12.4 Å². The zero-order valence-corrected chi connectivity index (χ0v) is 16.9. The Morgan fingerprint density at radius 2 is 1.86 bits per heavy atom. The van der Waals surface area contributed by atoms with Gasteiger partial charge in [-0.2, -0.15) is 0 Å². The van der Waals surface area contributed by atoms with E-state index in [0.717, 1.165) is 53.1 Å². The lowest BCUT2D eigenvalue weighted by molar-refractivity contribution is 0.0723. The Morgan fingerprint density at radius 3 is 2.54 bits per heavy atom. The van der Waals surface area contributed by atoms with E-state index in [1.54, 1.807) is 0 Å². The Hall–Kier alpha value is -2.81. The molecule has 0 spiro atoms. The maximum atomic E-state index is 13.2. The standard InChI is InChI=1S/C25H29NO2/c1-4-22-15-19(2)16-24(25(27)26-13-9-6-10-14-26)23(22)17-20(3)28-18-21-11-7-5-8-12-21/h4-5,7-8,11-12,15-17H,3,6,9-10,13-14,18H2,1-2H3/b22-4-,23-17+. The number of nitrogens with zero attached hydrogens (tertiary/aromatic N) is 1. The number of hydrogen-bond donors (Lipinski definition) is 0. The van der Waals surface area contributed by atoms with Gasteiger partial charge in [-0.3, -0.25) is 4.79 Å². The van der Waals surface area contributed by atoms with Crippen molar-refractivity contribution in [3.63, 3.8) is 0 Å². The van der Waals surface area contributed by atoms with Crippen LogP contribution in [0.4, 0.5) is 0 Å². The monoisotopic (exact) mass is 375 g/mol. The van der Waals surface area contributed by atoms with Gasteiger partial charge in [0.05, 0.1) is 0 Å². The summed E-state index contributed by atoms with van der Waals surface area (Å²) in [6.45, 7) is 10.2. The quantitative estimate of drug-likeness (QED) is 0.741. The molecule has 0 aromatic heterocycles. The third-order valence-electron chi connectivity index (χ3n) is 5.11. The SMILES string of the molecule is C=C(/C=c1/c(C(=O)N2CCCCC2)cc(C)c/c1=C/C)OCc1ccccc1. The molecule has 3 nitrogen and oxygen atoms in total. The van der Waals surface area contributed by atoms with Crippen LogP contribution in [0.5, 0.6) is 0 Å². The van der Waals surface area contributed by atoms with E-state index in [1.165, 1.54) is 6.42 Å². The van der Waals surface area contributed by atoms with Gasteiger partial charge in [-0.05, 0) is 66.8 Å². The van der Waals surface area contributed by atoms with Gasteiger partial charge in [0.25, 0.3) is 5.91 Å². The van der Waals surface area contributed by atoms with Crippen LogP contribution in [0.25, 0.3) is 12.2 Å². The number of carbonyl (C=O) groups excluding carboxylic acids is 1. The zero-order chi connectivity index (χ0) is 19.9. The Balaban J connectivity index is 1.92. The Bertz CT molecular complexity index is 954. The molecule has 0 N–H and O–H groups in total. The van der Waals surface area contributed by atoms with E-state index in [0.29, 0.717) is 12.4 Å². The van der Waals surface area contributed by atoms with Crippen molar-refractivity contribution in [2.24, 2.45) is 0 Å². The molecule has 1 fully saturated rings. The van der Waals surface area contributed by atoms with Crippen molar-refractivity contribution in [3.05, 3.63) is 81.9 Å². The average Bonchev–Trinajstić information content (AvgIpc) is 2.74. The number of amides is 1. The van der Waals surface area contributed by atoms with Crippen LogP contribution in [0.1, 0.15) is 47.7 Å². The van der Waals surface area contributed by atoms with Crippen molar-refractivity contribution in [2.45, 2.75) is 39.7 Å². The highest BCUT2D eigenvalue weighted by Gasteiger charge is 2.19. The summed E-state index contributed by atoms with van der Waals surface area (Å²) in [5.74, 6) is 0.664. The van der Waals surface area contributed by atoms with Crippen LogP contribution >= 0.6 is 0 Å². The lowest BCUT2D eigenvalue weighted by Gasteiger charge is -2.27. The Morgan fingerprint density at radius 1 is 1.14 bits per heavy atom. The molecule has 2 aromatic carbocycles. The van der Waals surface area contributed by atoms with Gasteiger partial charge in [0.15, 0.2) is 0 Å². The molecule has 2 aromatic rings. The van der Waals surface area contributed by atoms with E-state index in [-0.39, 0.29) is 5.91 Å². The van der Waals surface area contributed by atoms with Gasteiger partial charge in [0.2, 0.25) is 0 Å². The Labute approximate surface area is 167 Å². The second-order valence-electron chi connectivity index (χ2n) is 7.34. The molecule has 0 atom stereocenters. The number of ether oxygens (including phenoxy) is 1. The van der Waals surface area contributed by atoms with E-state index < -0.39 is 0 Å². The molecule has 146 valence electrons. The summed E-state index contributed by atoms with van der Waals surface area (Å²) in [4.78, 5) is 15.2. The minimum atomic E-state index is 0.105. The molecule has 1 aliphatic heterocycles. The molecule has 28 heavy (non-hydrogen) atoms. The fraction of sp³-hybridized carbons (Fsp3) is 0.320. The number of piperidine rings is 1. The molecular weight excluding hydrogens is 346 g/mol. The number of benzene rings is 2. The molecule has 1 aliphatic rings. The average molecular weight is 376 g/mol. The maximum Gasteiger partial charge on any atom is 0.254 e. The predicted octanol–water partition coefficient (Wildman–Crippen LogP) is 3.93. The first-order chi connectivity index (χ1) is 13.6. The molecule has 1 saturated heterocycles. The Kier molecular flexibility index (Phi) is 6.70. The third-order valence-corrected chi connectivity index (χ3v) is 5.11. The van der Waals surface area contributed by atoms with Gasteiger partial charge in [-0.25, -0.2) is 0 Å². The summed E-state index contributed by atoms with van der Waals surface area (Å²) in [5, 5.41) is 1.92. The first kappa shape index (κ1) is 19.9. The van der Waals surface area contributed by atoms with Crippen LogP contribution in [-0.2, 0) is 11.3 Å². The maximum absolute atomic E-state index is 13.2. The molecule has 3 heteroatoms. The lowest BCUT2D eigenvalue weighted by atomic mass is 10.0. The fourth-order valence-electron chi connectivity index (χ4n) is 3.62. The van der Waals surface area contributed by atoms with E-state index in [2.05, 4.69) is 12.6 Å². The summed E-state index contributed by atoms with van der Waals surface area (Å²) in [6, 6.07) is 14.1. The first-order valence-electron chi connectivity index (χ1n) is 10.0. The second-order valence-corrected chi connectivity index (χ2v) is 7.34. The molecular formula is C25H29NO2.